The number of rotatable bonds is 7. The predicted molar refractivity (Wildman–Crippen MR) is 221 cm³/mol. The quantitative estimate of drug-likeness (QED) is 0.118. The van der Waals surface area contributed by atoms with Crippen LogP contribution in [-0.2, 0) is 26.5 Å². The van der Waals surface area contributed by atoms with Crippen LogP contribution in [0, 0.1) is 30.7 Å². The maximum absolute atomic E-state index is 13.5. The summed E-state index contributed by atoms with van der Waals surface area (Å²) in [4.78, 5) is 9.20. The summed E-state index contributed by atoms with van der Waals surface area (Å²) >= 11 is 0. The Morgan fingerprint density at radius 1 is 0.778 bits per heavy atom. The van der Waals surface area contributed by atoms with Crippen molar-refractivity contribution in [3.05, 3.63) is 163 Å². The van der Waals surface area contributed by atoms with E-state index in [-0.39, 0.29) is 31.5 Å². The molecule has 3 heterocycles. The molecule has 6 heteroatoms. The van der Waals surface area contributed by atoms with E-state index in [1.165, 1.54) is 34.5 Å². The van der Waals surface area contributed by atoms with Crippen LogP contribution in [0.3, 0.4) is 0 Å². The van der Waals surface area contributed by atoms with Crippen molar-refractivity contribution >= 4 is 35.2 Å². The smallest absolute Gasteiger partial charge is 0.128 e. The second kappa shape index (κ2) is 16.6. The van der Waals surface area contributed by atoms with Crippen molar-refractivity contribution < 1.29 is 33.0 Å². The minimum Gasteiger partial charge on any atom is -0.500 e. The van der Waals surface area contributed by atoms with Gasteiger partial charge in [-0.3, -0.25) is 0 Å². The van der Waals surface area contributed by atoms with Gasteiger partial charge in [0.25, 0.3) is 0 Å². The first-order chi connectivity index (χ1) is 26.8. The summed E-state index contributed by atoms with van der Waals surface area (Å²) in [6.07, 6.45) is 4.70. The van der Waals surface area contributed by atoms with Crippen molar-refractivity contribution in [3.8, 4) is 44.8 Å². The predicted octanol–water partition coefficient (Wildman–Crippen LogP) is 12.5. The fourth-order valence-corrected chi connectivity index (χ4v) is 7.56. The number of aryl methyl sites for hydroxylation is 1. The molecule has 3 nitrogen and oxygen atoms in total. The van der Waals surface area contributed by atoms with Crippen LogP contribution < -0.4 is 5.19 Å². The van der Waals surface area contributed by atoms with E-state index in [0.29, 0.717) is 39.1 Å². The van der Waals surface area contributed by atoms with Gasteiger partial charge in [0.1, 0.15) is 11.4 Å². The van der Waals surface area contributed by atoms with E-state index in [4.69, 9.17) is 8.53 Å². The SMILES string of the molecule is C[Si](C)(C)c1ccc(-c2[c-]ccc(-c3ccccc3)c2)nc1.[2H]C([2H])([2H])c1c[c-]c(-c2cc(CC(C)C)ccn2)c2oc3c(-c4ccc(F)cc4)cccc3c12.[Ir]. The topological polar surface area (TPSA) is 38.9 Å². The van der Waals surface area contributed by atoms with E-state index in [2.05, 4.69) is 104 Å². The fraction of sp³-hybridized carbons (Fsp3) is 0.167. The molecular formula is C48H43FIrN2OSi-2. The largest absolute Gasteiger partial charge is 0.500 e. The van der Waals surface area contributed by atoms with E-state index in [9.17, 15) is 4.39 Å². The summed E-state index contributed by atoms with van der Waals surface area (Å²) < 4.78 is 44.3. The Morgan fingerprint density at radius 3 is 2.28 bits per heavy atom. The number of nitrogens with zero attached hydrogens (tertiary/aromatic N) is 2. The van der Waals surface area contributed by atoms with Crippen molar-refractivity contribution in [2.24, 2.45) is 5.92 Å². The molecule has 0 N–H and O–H groups in total. The zero-order valence-corrected chi connectivity index (χ0v) is 34.4. The molecule has 0 spiro atoms. The van der Waals surface area contributed by atoms with Gasteiger partial charge in [-0.05, 0) is 58.2 Å². The summed E-state index contributed by atoms with van der Waals surface area (Å²) in [5.41, 5.74) is 9.61. The Morgan fingerprint density at radius 2 is 1.57 bits per heavy atom. The zero-order chi connectivity index (χ0) is 39.6. The standard InChI is InChI=1S/C28H23FNO.C20H20NSi.Ir/c1-17(2)15-19-13-14-30-25(16-19)23-12-7-18(3)26-24-6-4-5-22(27(24)31-28(23)26)20-8-10-21(29)11-9-20;1-22(2,3)19-12-13-20(21-15-19)18-11-7-10-17(14-18)16-8-5-4-6-9-16;/h4-11,13-14,16-17H,15H2,1-3H3;4-10,12-15H,1-3H3;/q2*-1;/i3D3;;. The van der Waals surface area contributed by atoms with E-state index in [0.717, 1.165) is 34.4 Å². The molecule has 0 saturated carbocycles. The van der Waals surface area contributed by atoms with Crippen LogP contribution in [0.15, 0.2) is 138 Å². The Bertz CT molecular complexity index is 2620. The maximum atomic E-state index is 13.5. The summed E-state index contributed by atoms with van der Waals surface area (Å²) in [7, 11) is -1.29. The van der Waals surface area contributed by atoms with Crippen molar-refractivity contribution in [2.75, 3.05) is 0 Å². The van der Waals surface area contributed by atoms with E-state index >= 15 is 0 Å². The van der Waals surface area contributed by atoms with Crippen LogP contribution in [0.1, 0.15) is 29.1 Å². The third kappa shape index (κ3) is 8.52. The molecule has 0 aliphatic rings. The van der Waals surface area contributed by atoms with Crippen molar-refractivity contribution in [3.63, 3.8) is 0 Å². The van der Waals surface area contributed by atoms with Gasteiger partial charge >= 0.3 is 0 Å². The molecule has 3 aromatic heterocycles. The van der Waals surface area contributed by atoms with Gasteiger partial charge in [-0.25, -0.2) is 4.39 Å². The van der Waals surface area contributed by atoms with E-state index in [1.807, 2.05) is 48.7 Å². The minimum atomic E-state index is -2.34. The van der Waals surface area contributed by atoms with Gasteiger partial charge in [0.05, 0.1) is 13.7 Å². The molecule has 8 rings (SSSR count). The third-order valence-electron chi connectivity index (χ3n) is 9.27. The van der Waals surface area contributed by atoms with E-state index in [1.54, 1.807) is 18.3 Å². The molecule has 0 aliphatic heterocycles. The van der Waals surface area contributed by atoms with Gasteiger partial charge < -0.3 is 14.4 Å². The normalized spacial score (nSPS) is 12.4. The number of furan rings is 1. The molecule has 54 heavy (non-hydrogen) atoms. The average Bonchev–Trinajstić information content (AvgIpc) is 3.58. The number of hydrogen-bond donors (Lipinski definition) is 0. The minimum absolute atomic E-state index is 0. The molecular weight excluding hydrogens is 860 g/mol. The van der Waals surface area contributed by atoms with Crippen LogP contribution in [0.2, 0.25) is 19.6 Å². The molecule has 1 radical (unpaired) electrons. The van der Waals surface area contributed by atoms with Gasteiger partial charge in [0.2, 0.25) is 0 Å². The molecule has 0 unspecified atom stereocenters. The van der Waals surface area contributed by atoms with Crippen molar-refractivity contribution in [1.82, 2.24) is 9.97 Å². The maximum Gasteiger partial charge on any atom is 0.128 e. The monoisotopic (exact) mass is 906 g/mol. The summed E-state index contributed by atoms with van der Waals surface area (Å²) in [6, 6.07) is 44.7. The van der Waals surface area contributed by atoms with Crippen LogP contribution in [0.5, 0.6) is 0 Å². The molecule has 0 amide bonds. The molecule has 0 saturated heterocycles. The first-order valence-corrected chi connectivity index (χ1v) is 21.4. The second-order valence-electron chi connectivity index (χ2n) is 14.8. The third-order valence-corrected chi connectivity index (χ3v) is 11.3. The molecule has 0 aliphatic carbocycles. The Balaban J connectivity index is 0.000000207. The van der Waals surface area contributed by atoms with E-state index < -0.39 is 14.9 Å². The van der Waals surface area contributed by atoms with Crippen molar-refractivity contribution in [1.29, 1.82) is 0 Å². The Labute approximate surface area is 336 Å². The molecule has 0 atom stereocenters. The summed E-state index contributed by atoms with van der Waals surface area (Å²) in [5, 5.41) is 2.61. The number of aromatic nitrogens is 2. The first kappa shape index (κ1) is 34.7. The number of fused-ring (bicyclic) bond motifs is 3. The molecule has 273 valence electrons. The van der Waals surface area contributed by atoms with Gasteiger partial charge in [0, 0.05) is 47.6 Å². The van der Waals surface area contributed by atoms with Gasteiger partial charge in [-0.15, -0.1) is 53.1 Å². The Kier molecular flexibility index (Phi) is 10.7. The summed E-state index contributed by atoms with van der Waals surface area (Å²) in [5.74, 6) is 0.163. The van der Waals surface area contributed by atoms with Crippen molar-refractivity contribution in [2.45, 2.75) is 46.8 Å². The molecule has 5 aromatic carbocycles. The number of hydrogen-bond acceptors (Lipinski definition) is 3. The van der Waals surface area contributed by atoms with Gasteiger partial charge in [0.15, 0.2) is 0 Å². The molecule has 0 bridgehead atoms. The zero-order valence-electron chi connectivity index (χ0n) is 34.0. The number of benzene rings is 5. The summed E-state index contributed by atoms with van der Waals surface area (Å²) in [6.45, 7) is 8.99. The van der Waals surface area contributed by atoms with Crippen LogP contribution in [0.25, 0.3) is 66.7 Å². The molecule has 0 fully saturated rings. The second-order valence-corrected chi connectivity index (χ2v) is 19.8. The Hall–Kier alpha value is -5.00. The number of pyridine rings is 2. The van der Waals surface area contributed by atoms with Gasteiger partial charge in [-0.2, -0.15) is 0 Å². The van der Waals surface area contributed by atoms with Crippen LogP contribution in [-0.4, -0.2) is 18.0 Å². The number of para-hydroxylation sites is 1. The van der Waals surface area contributed by atoms with Gasteiger partial charge in [-0.1, -0.05) is 136 Å². The number of halogens is 1. The fourth-order valence-electron chi connectivity index (χ4n) is 6.52. The average molecular weight is 906 g/mol. The van der Waals surface area contributed by atoms with Crippen LogP contribution in [0.4, 0.5) is 4.39 Å². The van der Waals surface area contributed by atoms with Crippen LogP contribution >= 0.6 is 0 Å². The first-order valence-electron chi connectivity index (χ1n) is 19.4. The molecule has 8 aromatic rings.